The average molecular weight is 310 g/mol. The molecule has 1 heterocycles. The maximum absolute atomic E-state index is 11.5. The highest BCUT2D eigenvalue weighted by molar-refractivity contribution is 5.90. The van der Waals surface area contributed by atoms with Crippen molar-refractivity contribution < 1.29 is 29.0 Å². The monoisotopic (exact) mass is 310 g/mol. The summed E-state index contributed by atoms with van der Waals surface area (Å²) in [6.45, 7) is 3.14. The van der Waals surface area contributed by atoms with E-state index < -0.39 is 12.1 Å². The number of hydrogen-bond acceptors (Lipinski definition) is 5. The summed E-state index contributed by atoms with van der Waals surface area (Å²) in [5.41, 5.74) is 0.397. The first kappa shape index (κ1) is 16.6. The Morgan fingerprint density at radius 1 is 1.27 bits per heavy atom. The van der Waals surface area contributed by atoms with Crippen LogP contribution in [-0.2, 0) is 4.74 Å². The summed E-state index contributed by atoms with van der Waals surface area (Å²) in [7, 11) is 2.84. The standard InChI is InChI=1S/C16H23NO5/c1-20-15-9-12(16(19)21-2)5-6-14(15)22-11-13(18)10-17-7-3-4-8-17/h5-6,9,13,18H,3-4,7-8,10-11H2,1-2H3/p+1/t13-/m0/s1. The van der Waals surface area contributed by atoms with Gasteiger partial charge in [-0.1, -0.05) is 0 Å². The van der Waals surface area contributed by atoms with Crippen molar-refractivity contribution in [3.05, 3.63) is 23.8 Å². The molecule has 0 amide bonds. The molecule has 0 aliphatic carbocycles. The summed E-state index contributed by atoms with van der Waals surface area (Å²) in [4.78, 5) is 12.9. The van der Waals surface area contributed by atoms with E-state index in [1.165, 1.54) is 32.0 Å². The SMILES string of the molecule is COC(=O)c1ccc(OC[C@@H](O)C[NH+]2CCCC2)c(OC)c1. The molecule has 22 heavy (non-hydrogen) atoms. The van der Waals surface area contributed by atoms with E-state index in [1.54, 1.807) is 18.2 Å². The van der Waals surface area contributed by atoms with Gasteiger partial charge in [0, 0.05) is 12.8 Å². The van der Waals surface area contributed by atoms with E-state index >= 15 is 0 Å². The minimum Gasteiger partial charge on any atom is -0.493 e. The fourth-order valence-electron chi connectivity index (χ4n) is 2.69. The third kappa shape index (κ3) is 4.35. The van der Waals surface area contributed by atoms with Gasteiger partial charge in [-0.15, -0.1) is 0 Å². The molecule has 0 aromatic heterocycles. The number of carbonyl (C=O) groups excluding carboxylic acids is 1. The van der Waals surface area contributed by atoms with E-state index in [9.17, 15) is 9.90 Å². The Balaban J connectivity index is 1.92. The van der Waals surface area contributed by atoms with Gasteiger partial charge in [-0.05, 0) is 18.2 Å². The molecule has 2 rings (SSSR count). The van der Waals surface area contributed by atoms with Gasteiger partial charge in [0.25, 0.3) is 0 Å². The smallest absolute Gasteiger partial charge is 0.337 e. The third-order valence-corrected chi connectivity index (χ3v) is 3.85. The first-order chi connectivity index (χ1) is 10.6. The molecular weight excluding hydrogens is 286 g/mol. The number of carbonyl (C=O) groups is 1. The summed E-state index contributed by atoms with van der Waals surface area (Å²) < 4.78 is 15.5. The lowest BCUT2D eigenvalue weighted by molar-refractivity contribution is -0.890. The van der Waals surface area contributed by atoms with Crippen molar-refractivity contribution in [2.24, 2.45) is 0 Å². The Morgan fingerprint density at radius 2 is 2.00 bits per heavy atom. The van der Waals surface area contributed by atoms with Crippen molar-refractivity contribution in [2.75, 3.05) is 40.5 Å². The molecule has 0 spiro atoms. The number of ether oxygens (including phenoxy) is 3. The Bertz CT molecular complexity index is 499. The summed E-state index contributed by atoms with van der Waals surface area (Å²) in [5.74, 6) is 0.525. The van der Waals surface area contributed by atoms with Gasteiger partial charge >= 0.3 is 5.97 Å². The van der Waals surface area contributed by atoms with Crippen LogP contribution in [0, 0.1) is 0 Å². The van der Waals surface area contributed by atoms with Gasteiger partial charge in [0.2, 0.25) is 0 Å². The van der Waals surface area contributed by atoms with E-state index in [0.29, 0.717) is 23.6 Å². The number of nitrogens with one attached hydrogen (secondary N) is 1. The highest BCUT2D eigenvalue weighted by atomic mass is 16.5. The van der Waals surface area contributed by atoms with Crippen molar-refractivity contribution in [3.8, 4) is 11.5 Å². The second-order valence-electron chi connectivity index (χ2n) is 5.48. The molecule has 1 aromatic carbocycles. The molecule has 122 valence electrons. The first-order valence-corrected chi connectivity index (χ1v) is 7.55. The fourth-order valence-corrected chi connectivity index (χ4v) is 2.69. The molecule has 1 aromatic rings. The van der Waals surface area contributed by atoms with E-state index in [2.05, 4.69) is 4.74 Å². The van der Waals surface area contributed by atoms with Crippen molar-refractivity contribution >= 4 is 5.97 Å². The molecule has 0 unspecified atom stereocenters. The van der Waals surface area contributed by atoms with Gasteiger partial charge in [-0.3, -0.25) is 0 Å². The molecule has 2 N–H and O–H groups in total. The quantitative estimate of drug-likeness (QED) is 0.688. The minimum absolute atomic E-state index is 0.206. The zero-order chi connectivity index (χ0) is 15.9. The van der Waals surface area contributed by atoms with Crippen LogP contribution in [0.1, 0.15) is 23.2 Å². The number of hydrogen-bond donors (Lipinski definition) is 2. The van der Waals surface area contributed by atoms with Crippen LogP contribution in [0.25, 0.3) is 0 Å². The van der Waals surface area contributed by atoms with Gasteiger partial charge in [0.1, 0.15) is 19.3 Å². The molecule has 1 aliphatic rings. The van der Waals surface area contributed by atoms with Crippen LogP contribution >= 0.6 is 0 Å². The zero-order valence-corrected chi connectivity index (χ0v) is 13.1. The molecule has 0 bridgehead atoms. The van der Waals surface area contributed by atoms with Gasteiger partial charge < -0.3 is 24.2 Å². The van der Waals surface area contributed by atoms with Gasteiger partial charge in [0.15, 0.2) is 11.5 Å². The number of benzene rings is 1. The molecule has 6 nitrogen and oxygen atoms in total. The van der Waals surface area contributed by atoms with Crippen molar-refractivity contribution in [1.29, 1.82) is 0 Å². The minimum atomic E-state index is -0.516. The van der Waals surface area contributed by atoms with Crippen LogP contribution in [-0.4, -0.2) is 57.6 Å². The van der Waals surface area contributed by atoms with Gasteiger partial charge in [-0.25, -0.2) is 4.79 Å². The first-order valence-electron chi connectivity index (χ1n) is 7.55. The number of rotatable bonds is 7. The fraction of sp³-hybridized carbons (Fsp3) is 0.562. The van der Waals surface area contributed by atoms with Crippen LogP contribution in [0.4, 0.5) is 0 Å². The summed E-state index contributed by atoms with van der Waals surface area (Å²) >= 11 is 0. The van der Waals surface area contributed by atoms with Crippen LogP contribution in [0.15, 0.2) is 18.2 Å². The lowest BCUT2D eigenvalue weighted by Crippen LogP contribution is -3.11. The number of methoxy groups -OCH3 is 2. The third-order valence-electron chi connectivity index (χ3n) is 3.85. The summed E-state index contributed by atoms with van der Waals surface area (Å²) in [5, 5.41) is 10.1. The largest absolute Gasteiger partial charge is 0.493 e. The Morgan fingerprint density at radius 3 is 2.64 bits per heavy atom. The van der Waals surface area contributed by atoms with Crippen LogP contribution in [0.3, 0.4) is 0 Å². The number of aliphatic hydroxyl groups excluding tert-OH is 1. The normalized spacial score (nSPS) is 16.3. The number of quaternary nitrogens is 1. The zero-order valence-electron chi connectivity index (χ0n) is 13.1. The van der Waals surface area contributed by atoms with Crippen LogP contribution in [0.5, 0.6) is 11.5 Å². The maximum atomic E-state index is 11.5. The molecule has 6 heteroatoms. The maximum Gasteiger partial charge on any atom is 0.337 e. The second-order valence-corrected chi connectivity index (χ2v) is 5.48. The summed E-state index contributed by atoms with van der Waals surface area (Å²) in [6, 6.07) is 4.83. The number of aliphatic hydroxyl groups is 1. The van der Waals surface area contributed by atoms with Gasteiger partial charge in [-0.2, -0.15) is 0 Å². The van der Waals surface area contributed by atoms with E-state index in [0.717, 1.165) is 13.1 Å². The van der Waals surface area contributed by atoms with Gasteiger partial charge in [0.05, 0.1) is 32.9 Å². The average Bonchev–Trinajstić information content (AvgIpc) is 3.04. The predicted octanol–water partition coefficient (Wildman–Crippen LogP) is -0.0998. The van der Waals surface area contributed by atoms with Crippen LogP contribution < -0.4 is 14.4 Å². The van der Waals surface area contributed by atoms with Crippen molar-refractivity contribution in [2.45, 2.75) is 18.9 Å². The number of esters is 1. The molecule has 1 fully saturated rings. The van der Waals surface area contributed by atoms with E-state index in [4.69, 9.17) is 9.47 Å². The topological polar surface area (TPSA) is 69.4 Å². The molecule has 0 saturated carbocycles. The molecular formula is C16H24NO5+. The van der Waals surface area contributed by atoms with Crippen LogP contribution in [0.2, 0.25) is 0 Å². The summed E-state index contributed by atoms with van der Waals surface area (Å²) in [6.07, 6.45) is 1.94. The van der Waals surface area contributed by atoms with Crippen molar-refractivity contribution in [3.63, 3.8) is 0 Å². The number of likely N-dealkylation sites (tertiary alicyclic amines) is 1. The Kier molecular flexibility index (Phi) is 6.03. The Hall–Kier alpha value is -1.79. The van der Waals surface area contributed by atoms with E-state index in [-0.39, 0.29) is 6.61 Å². The molecule has 0 radical (unpaired) electrons. The second kappa shape index (κ2) is 8.00. The van der Waals surface area contributed by atoms with E-state index in [1.807, 2.05) is 0 Å². The molecule has 1 atom stereocenters. The molecule has 1 aliphatic heterocycles. The highest BCUT2D eigenvalue weighted by Gasteiger charge is 2.20. The Labute approximate surface area is 130 Å². The predicted molar refractivity (Wildman–Crippen MR) is 80.6 cm³/mol. The van der Waals surface area contributed by atoms with Crippen molar-refractivity contribution in [1.82, 2.24) is 0 Å². The highest BCUT2D eigenvalue weighted by Crippen LogP contribution is 2.28. The lowest BCUT2D eigenvalue weighted by Gasteiger charge is -2.18. The lowest BCUT2D eigenvalue weighted by atomic mass is 10.2. The molecule has 1 saturated heterocycles.